The molecule has 160 valence electrons. The Kier molecular flexibility index (Phi) is 4.66. The number of fused-ring (bicyclic) bond motifs is 3. The van der Waals surface area contributed by atoms with Crippen molar-refractivity contribution in [3.05, 3.63) is 108 Å². The molecule has 0 saturated carbocycles. The Bertz CT molecular complexity index is 1600. The molecule has 34 heavy (non-hydrogen) atoms. The zero-order valence-electron chi connectivity index (χ0n) is 18.2. The minimum absolute atomic E-state index is 0.215. The van der Waals surface area contributed by atoms with Crippen molar-refractivity contribution in [2.45, 2.75) is 0 Å². The van der Waals surface area contributed by atoms with Crippen molar-refractivity contribution in [2.75, 3.05) is 0 Å². The van der Waals surface area contributed by atoms with Gasteiger partial charge in [0.2, 0.25) is 0 Å². The molecule has 0 aliphatic heterocycles. The monoisotopic (exact) mass is 437 g/mol. The maximum atomic E-state index is 8.53. The zero-order valence-corrected chi connectivity index (χ0v) is 18.2. The molecule has 0 saturated heterocycles. The fraction of sp³-hybridized carbons (Fsp3) is 0. The predicted octanol–water partition coefficient (Wildman–Crippen LogP) is 6.44. The largest absolute Gasteiger partial charge is 0.299 e. The van der Waals surface area contributed by atoms with Crippen LogP contribution in [0.5, 0.6) is 0 Å². The predicted molar refractivity (Wildman–Crippen MR) is 137 cm³/mol. The summed E-state index contributed by atoms with van der Waals surface area (Å²) in [7, 11) is 0. The van der Waals surface area contributed by atoms with Gasteiger partial charge in [-0.2, -0.15) is 0 Å². The number of aromatic nitrogens is 3. The molecule has 0 spiro atoms. The van der Waals surface area contributed by atoms with Gasteiger partial charge in [-0.05, 0) is 42.0 Å². The molecular formula is C29H19N5. The van der Waals surface area contributed by atoms with E-state index in [9.17, 15) is 0 Å². The molecule has 0 fully saturated rings. The molecule has 6 rings (SSSR count). The summed E-state index contributed by atoms with van der Waals surface area (Å²) in [5.41, 5.74) is 8.48. The molecule has 0 radical (unpaired) electrons. The number of hydrogen-bond acceptors (Lipinski definition) is 5. The first-order valence-electron chi connectivity index (χ1n) is 11.0. The molecule has 1 aliphatic rings. The SMILES string of the molecule is N=C1C=Cc2c(-c3ccc(-c4ccc(-c5ccccn5)nc4)cc3)nc3ccccc3c2C1=N. The fourth-order valence-electron chi connectivity index (χ4n) is 4.31. The van der Waals surface area contributed by atoms with E-state index in [1.165, 1.54) is 0 Å². The molecule has 0 atom stereocenters. The Morgan fingerprint density at radius 3 is 2.12 bits per heavy atom. The highest BCUT2D eigenvalue weighted by atomic mass is 14.8. The maximum absolute atomic E-state index is 8.53. The summed E-state index contributed by atoms with van der Waals surface area (Å²) in [5, 5.41) is 17.6. The third-order valence-electron chi connectivity index (χ3n) is 6.05. The van der Waals surface area contributed by atoms with Gasteiger partial charge < -0.3 is 0 Å². The van der Waals surface area contributed by atoms with E-state index in [2.05, 4.69) is 40.3 Å². The molecule has 0 unspecified atom stereocenters. The number of allylic oxidation sites excluding steroid dienone is 1. The summed E-state index contributed by atoms with van der Waals surface area (Å²) in [4.78, 5) is 13.9. The van der Waals surface area contributed by atoms with Gasteiger partial charge >= 0.3 is 0 Å². The zero-order chi connectivity index (χ0) is 23.1. The first kappa shape index (κ1) is 19.9. The standard InChI is InChI=1S/C29H19N5/c30-23-14-13-22-27(28(23)31)21-5-1-2-6-24(21)34-29(22)19-10-8-18(9-11-19)20-12-15-26(33-17-20)25-7-3-4-16-32-25/h1-17,30-31H. The Morgan fingerprint density at radius 1 is 0.618 bits per heavy atom. The Hall–Kier alpha value is -4.77. The number of benzene rings is 2. The number of pyridine rings is 3. The smallest absolute Gasteiger partial charge is 0.0886 e. The van der Waals surface area contributed by atoms with Crippen LogP contribution in [-0.2, 0) is 0 Å². The van der Waals surface area contributed by atoms with E-state index in [1.807, 2.05) is 60.8 Å². The van der Waals surface area contributed by atoms with E-state index >= 15 is 0 Å². The second kappa shape index (κ2) is 7.98. The van der Waals surface area contributed by atoms with Gasteiger partial charge in [0, 0.05) is 40.0 Å². The molecule has 5 aromatic rings. The number of nitrogens with one attached hydrogen (secondary N) is 2. The quantitative estimate of drug-likeness (QED) is 0.340. The average Bonchev–Trinajstić information content (AvgIpc) is 2.91. The average molecular weight is 438 g/mol. The minimum atomic E-state index is 0.215. The molecule has 2 N–H and O–H groups in total. The molecule has 3 heterocycles. The van der Waals surface area contributed by atoms with Crippen molar-refractivity contribution in [1.82, 2.24) is 15.0 Å². The lowest BCUT2D eigenvalue weighted by atomic mass is 9.88. The van der Waals surface area contributed by atoms with Gasteiger partial charge in [0.25, 0.3) is 0 Å². The summed E-state index contributed by atoms with van der Waals surface area (Å²) >= 11 is 0. The molecule has 5 nitrogen and oxygen atoms in total. The van der Waals surface area contributed by atoms with E-state index in [0.717, 1.165) is 55.8 Å². The molecule has 1 aliphatic carbocycles. The van der Waals surface area contributed by atoms with Crippen molar-refractivity contribution in [3.8, 4) is 33.8 Å². The molecule has 2 aromatic carbocycles. The molecule has 5 heteroatoms. The van der Waals surface area contributed by atoms with E-state index in [4.69, 9.17) is 15.8 Å². The molecular weight excluding hydrogens is 418 g/mol. The summed E-state index contributed by atoms with van der Waals surface area (Å²) in [6.07, 6.45) is 7.21. The van der Waals surface area contributed by atoms with Gasteiger partial charge in [0.05, 0.1) is 34.0 Å². The van der Waals surface area contributed by atoms with Crippen LogP contribution in [0.4, 0.5) is 0 Å². The number of nitrogens with zero attached hydrogens (tertiary/aromatic N) is 3. The van der Waals surface area contributed by atoms with Crippen LogP contribution < -0.4 is 0 Å². The fourth-order valence-corrected chi connectivity index (χ4v) is 4.31. The highest BCUT2D eigenvalue weighted by Crippen LogP contribution is 2.34. The summed E-state index contributed by atoms with van der Waals surface area (Å²) < 4.78 is 0. The maximum Gasteiger partial charge on any atom is 0.0886 e. The Labute approximate surface area is 196 Å². The third-order valence-corrected chi connectivity index (χ3v) is 6.05. The second-order valence-electron chi connectivity index (χ2n) is 8.11. The van der Waals surface area contributed by atoms with Crippen molar-refractivity contribution < 1.29 is 0 Å². The first-order valence-corrected chi connectivity index (χ1v) is 11.0. The van der Waals surface area contributed by atoms with E-state index in [0.29, 0.717) is 0 Å². The lowest BCUT2D eigenvalue weighted by Gasteiger charge is -2.19. The van der Waals surface area contributed by atoms with Gasteiger partial charge in [-0.15, -0.1) is 0 Å². The van der Waals surface area contributed by atoms with Gasteiger partial charge in [-0.25, -0.2) is 4.98 Å². The van der Waals surface area contributed by atoms with E-state index in [-0.39, 0.29) is 11.4 Å². The topological polar surface area (TPSA) is 86.4 Å². The first-order chi connectivity index (χ1) is 16.7. The van der Waals surface area contributed by atoms with E-state index in [1.54, 1.807) is 12.3 Å². The van der Waals surface area contributed by atoms with Crippen molar-refractivity contribution in [2.24, 2.45) is 0 Å². The molecule has 0 amide bonds. The van der Waals surface area contributed by atoms with Crippen LogP contribution in [0.3, 0.4) is 0 Å². The van der Waals surface area contributed by atoms with Gasteiger partial charge in [0.1, 0.15) is 0 Å². The van der Waals surface area contributed by atoms with Gasteiger partial charge in [0.15, 0.2) is 0 Å². The summed E-state index contributed by atoms with van der Waals surface area (Å²) in [6.45, 7) is 0. The van der Waals surface area contributed by atoms with Crippen LogP contribution >= 0.6 is 0 Å². The second-order valence-corrected chi connectivity index (χ2v) is 8.11. The van der Waals surface area contributed by atoms with Gasteiger partial charge in [-0.1, -0.05) is 54.6 Å². The van der Waals surface area contributed by atoms with Crippen LogP contribution in [0.1, 0.15) is 11.1 Å². The van der Waals surface area contributed by atoms with Crippen molar-refractivity contribution >= 4 is 28.4 Å². The van der Waals surface area contributed by atoms with Crippen LogP contribution in [0.25, 0.3) is 50.8 Å². The minimum Gasteiger partial charge on any atom is -0.299 e. The van der Waals surface area contributed by atoms with Crippen LogP contribution in [0.2, 0.25) is 0 Å². The number of rotatable bonds is 3. The Balaban J connectivity index is 1.40. The normalized spacial score (nSPS) is 12.7. The van der Waals surface area contributed by atoms with E-state index < -0.39 is 0 Å². The lowest BCUT2D eigenvalue weighted by molar-refractivity contribution is 1.25. The highest BCUT2D eigenvalue weighted by molar-refractivity contribution is 6.54. The summed E-state index contributed by atoms with van der Waals surface area (Å²) in [5.74, 6) is 0. The number of hydrogen-bond donors (Lipinski definition) is 2. The summed E-state index contributed by atoms with van der Waals surface area (Å²) in [6, 6.07) is 25.9. The van der Waals surface area contributed by atoms with Crippen LogP contribution in [0.15, 0.2) is 97.3 Å². The van der Waals surface area contributed by atoms with Gasteiger partial charge in [-0.3, -0.25) is 20.8 Å². The third kappa shape index (κ3) is 3.31. The van der Waals surface area contributed by atoms with Crippen LogP contribution in [0, 0.1) is 10.8 Å². The van der Waals surface area contributed by atoms with Crippen LogP contribution in [-0.4, -0.2) is 26.4 Å². The van der Waals surface area contributed by atoms with Crippen molar-refractivity contribution in [1.29, 1.82) is 10.8 Å². The lowest BCUT2D eigenvalue weighted by Crippen LogP contribution is -2.17. The molecule has 3 aromatic heterocycles. The van der Waals surface area contributed by atoms with Crippen molar-refractivity contribution in [3.63, 3.8) is 0 Å². The highest BCUT2D eigenvalue weighted by Gasteiger charge is 2.22. The number of para-hydroxylation sites is 1. The Morgan fingerprint density at radius 2 is 1.35 bits per heavy atom. The molecule has 0 bridgehead atoms.